The van der Waals surface area contributed by atoms with Crippen LogP contribution in [0.5, 0.6) is 0 Å². The van der Waals surface area contributed by atoms with Crippen molar-refractivity contribution in [3.05, 3.63) is 80.6 Å². The van der Waals surface area contributed by atoms with E-state index in [0.717, 1.165) is 29.1 Å². The first kappa shape index (κ1) is 28.8. The van der Waals surface area contributed by atoms with Crippen molar-refractivity contribution in [2.45, 2.75) is 65.0 Å². The smallest absolute Gasteiger partial charge is 0.254 e. The number of aryl methyl sites for hydroxylation is 1. The highest BCUT2D eigenvalue weighted by Crippen LogP contribution is 2.35. The van der Waals surface area contributed by atoms with E-state index in [1.807, 2.05) is 12.3 Å². The number of benzene rings is 1. The van der Waals surface area contributed by atoms with Gasteiger partial charge in [0.2, 0.25) is 0 Å². The first-order valence-corrected chi connectivity index (χ1v) is 14.1. The summed E-state index contributed by atoms with van der Waals surface area (Å²) in [6, 6.07) is 6.25. The number of nitrogens with one attached hydrogen (secondary N) is 2. The Morgan fingerprint density at radius 3 is 2.64 bits per heavy atom. The van der Waals surface area contributed by atoms with E-state index in [-0.39, 0.29) is 23.4 Å². The number of hydrogen-bond donors (Lipinski definition) is 2. The van der Waals surface area contributed by atoms with E-state index in [9.17, 15) is 18.4 Å². The first-order valence-electron chi connectivity index (χ1n) is 13.2. The van der Waals surface area contributed by atoms with E-state index in [0.29, 0.717) is 49.3 Å². The fraction of sp³-hybridized carbons (Fsp3) is 0.448. The van der Waals surface area contributed by atoms with Crippen molar-refractivity contribution in [3.8, 4) is 0 Å². The topological polar surface area (TPSA) is 87.2 Å². The molecule has 3 heterocycles. The highest BCUT2D eigenvalue weighted by Gasteiger charge is 2.33. The normalized spacial score (nSPS) is 15.5. The van der Waals surface area contributed by atoms with Crippen molar-refractivity contribution in [2.75, 3.05) is 19.6 Å². The molecule has 1 atom stereocenters. The van der Waals surface area contributed by atoms with Crippen LogP contribution >= 0.6 is 11.3 Å². The van der Waals surface area contributed by atoms with Gasteiger partial charge in [-0.25, -0.2) is 13.8 Å². The predicted molar refractivity (Wildman–Crippen MR) is 148 cm³/mol. The molecule has 1 aliphatic rings. The fourth-order valence-corrected chi connectivity index (χ4v) is 5.58. The molecule has 208 valence electrons. The SMILES string of the molecule is Cc1csc(C2CCCN2C(=O)c2cc(CF)cc(C(=O)NCCCNCc3cncc(C(C)(C)F)c3)c2)n1. The van der Waals surface area contributed by atoms with Crippen molar-refractivity contribution in [2.24, 2.45) is 0 Å². The van der Waals surface area contributed by atoms with Gasteiger partial charge in [0.1, 0.15) is 17.4 Å². The third-order valence-corrected chi connectivity index (χ3v) is 7.78. The lowest BCUT2D eigenvalue weighted by Gasteiger charge is -2.23. The van der Waals surface area contributed by atoms with Crippen molar-refractivity contribution >= 4 is 23.2 Å². The molecule has 10 heteroatoms. The summed E-state index contributed by atoms with van der Waals surface area (Å²) in [6.45, 7) is 6.33. The Hall–Kier alpha value is -3.24. The monoisotopic (exact) mass is 555 g/mol. The van der Waals surface area contributed by atoms with Crippen LogP contribution in [-0.2, 0) is 18.9 Å². The summed E-state index contributed by atoms with van der Waals surface area (Å²) in [6.07, 6.45) is 5.59. The average Bonchev–Trinajstić information content (AvgIpc) is 3.58. The van der Waals surface area contributed by atoms with Crippen molar-refractivity contribution in [3.63, 3.8) is 0 Å². The van der Waals surface area contributed by atoms with Crippen LogP contribution in [0.2, 0.25) is 0 Å². The summed E-state index contributed by atoms with van der Waals surface area (Å²) in [4.78, 5) is 36.7. The summed E-state index contributed by atoms with van der Waals surface area (Å²) >= 11 is 1.54. The molecule has 2 N–H and O–H groups in total. The molecule has 7 nitrogen and oxygen atoms in total. The van der Waals surface area contributed by atoms with Gasteiger partial charge in [-0.2, -0.15) is 0 Å². The van der Waals surface area contributed by atoms with Crippen molar-refractivity contribution in [1.82, 2.24) is 25.5 Å². The summed E-state index contributed by atoms with van der Waals surface area (Å²) in [5.41, 5.74) is 1.75. The number of nitrogens with zero attached hydrogens (tertiary/aromatic N) is 3. The lowest BCUT2D eigenvalue weighted by Crippen LogP contribution is -2.31. The largest absolute Gasteiger partial charge is 0.352 e. The molecule has 2 amide bonds. The lowest BCUT2D eigenvalue weighted by atomic mass is 10.0. The van der Waals surface area contributed by atoms with Crippen LogP contribution in [0.4, 0.5) is 8.78 Å². The summed E-state index contributed by atoms with van der Waals surface area (Å²) in [7, 11) is 0. The molecule has 1 saturated heterocycles. The zero-order valence-electron chi connectivity index (χ0n) is 22.6. The van der Waals surface area contributed by atoms with Crippen LogP contribution in [0.3, 0.4) is 0 Å². The van der Waals surface area contributed by atoms with E-state index in [2.05, 4.69) is 20.6 Å². The maximum atomic E-state index is 14.1. The van der Waals surface area contributed by atoms with Gasteiger partial charge in [0.05, 0.1) is 6.04 Å². The Labute approximate surface area is 232 Å². The number of pyridine rings is 1. The molecule has 1 fully saturated rings. The van der Waals surface area contributed by atoms with Gasteiger partial charge in [-0.1, -0.05) is 0 Å². The molecule has 2 aromatic heterocycles. The zero-order chi connectivity index (χ0) is 28.0. The van der Waals surface area contributed by atoms with Gasteiger partial charge in [0.15, 0.2) is 0 Å². The van der Waals surface area contributed by atoms with Crippen molar-refractivity contribution in [1.29, 1.82) is 0 Å². The van der Waals surface area contributed by atoms with Gasteiger partial charge >= 0.3 is 0 Å². The number of aromatic nitrogens is 2. The minimum Gasteiger partial charge on any atom is -0.352 e. The molecule has 4 rings (SSSR count). The molecule has 1 aromatic carbocycles. The quantitative estimate of drug-likeness (QED) is 0.309. The molecular formula is C29H35F2N5O2S. The second-order valence-electron chi connectivity index (χ2n) is 10.4. The maximum absolute atomic E-state index is 14.1. The molecule has 3 aromatic rings. The third kappa shape index (κ3) is 7.45. The Bertz CT molecular complexity index is 1310. The molecule has 0 saturated carbocycles. The van der Waals surface area contributed by atoms with Crippen LogP contribution in [0.1, 0.15) is 87.3 Å². The number of likely N-dealkylation sites (tertiary alicyclic amines) is 1. The number of rotatable bonds is 11. The molecule has 0 bridgehead atoms. The molecular weight excluding hydrogens is 520 g/mol. The van der Waals surface area contributed by atoms with Crippen LogP contribution in [0.25, 0.3) is 0 Å². The summed E-state index contributed by atoms with van der Waals surface area (Å²) < 4.78 is 27.8. The van der Waals surface area contributed by atoms with Crippen LogP contribution in [0.15, 0.2) is 42.0 Å². The van der Waals surface area contributed by atoms with Crippen molar-refractivity contribution < 1.29 is 18.4 Å². The minimum absolute atomic E-state index is 0.100. The van der Waals surface area contributed by atoms with E-state index < -0.39 is 12.3 Å². The number of hydrogen-bond acceptors (Lipinski definition) is 6. The van der Waals surface area contributed by atoms with Gasteiger partial charge in [-0.3, -0.25) is 14.6 Å². The van der Waals surface area contributed by atoms with Gasteiger partial charge in [0, 0.05) is 59.8 Å². The van der Waals surface area contributed by atoms with Gasteiger partial charge in [-0.05, 0) is 82.0 Å². The van der Waals surface area contributed by atoms with Crippen LogP contribution in [-0.4, -0.2) is 46.3 Å². The third-order valence-electron chi connectivity index (χ3n) is 6.72. The van der Waals surface area contributed by atoms with Crippen LogP contribution < -0.4 is 10.6 Å². The molecule has 39 heavy (non-hydrogen) atoms. The van der Waals surface area contributed by atoms with Gasteiger partial charge < -0.3 is 15.5 Å². The number of alkyl halides is 2. The molecule has 1 unspecified atom stereocenters. The Morgan fingerprint density at radius 2 is 1.92 bits per heavy atom. The number of carbonyl (C=O) groups is 2. The zero-order valence-corrected chi connectivity index (χ0v) is 23.4. The highest BCUT2D eigenvalue weighted by atomic mass is 32.1. The summed E-state index contributed by atoms with van der Waals surface area (Å²) in [5.74, 6) is -0.566. The minimum atomic E-state index is -1.45. The maximum Gasteiger partial charge on any atom is 0.254 e. The van der Waals surface area contributed by atoms with E-state index in [1.54, 1.807) is 34.6 Å². The van der Waals surface area contributed by atoms with Gasteiger partial charge in [0.25, 0.3) is 11.8 Å². The average molecular weight is 556 g/mol. The molecule has 1 aliphatic heterocycles. The highest BCUT2D eigenvalue weighted by molar-refractivity contribution is 7.09. The van der Waals surface area contributed by atoms with E-state index in [4.69, 9.17) is 0 Å². The number of amides is 2. The molecule has 0 aliphatic carbocycles. The van der Waals surface area contributed by atoms with E-state index >= 15 is 0 Å². The Balaban J connectivity index is 1.31. The Morgan fingerprint density at radius 1 is 1.13 bits per heavy atom. The standard InChI is InChI=1S/C29H35F2N5O2S/c1-19-18-39-27(35-19)25-6-4-9-36(25)28(38)23-11-20(14-30)10-22(13-23)26(37)34-8-5-7-32-15-21-12-24(17-33-16-21)29(2,3)31/h10-13,16-18,25,32H,4-9,14-15H2,1-3H3,(H,34,37). The van der Waals surface area contributed by atoms with Gasteiger partial charge in [-0.15, -0.1) is 11.3 Å². The number of thiazole rings is 1. The molecule has 0 radical (unpaired) electrons. The van der Waals surface area contributed by atoms with Crippen LogP contribution in [0, 0.1) is 6.92 Å². The van der Waals surface area contributed by atoms with E-state index in [1.165, 1.54) is 32.2 Å². The Kier molecular flexibility index (Phi) is 9.40. The lowest BCUT2D eigenvalue weighted by molar-refractivity contribution is 0.0735. The predicted octanol–water partition coefficient (Wildman–Crippen LogP) is 5.41. The number of carbonyl (C=O) groups excluding carboxylic acids is 2. The second kappa shape index (κ2) is 12.7. The number of halogens is 2. The fourth-order valence-electron chi connectivity index (χ4n) is 4.64. The first-order chi connectivity index (χ1) is 18.7. The molecule has 0 spiro atoms. The summed E-state index contributed by atoms with van der Waals surface area (Å²) in [5, 5.41) is 9.00. The second-order valence-corrected chi connectivity index (χ2v) is 11.3.